The summed E-state index contributed by atoms with van der Waals surface area (Å²) in [6.45, 7) is 0. The van der Waals surface area contributed by atoms with E-state index < -0.39 is 0 Å². The van der Waals surface area contributed by atoms with Crippen LogP contribution in [0.15, 0.2) is 85.2 Å². The van der Waals surface area contributed by atoms with Crippen LogP contribution in [0.3, 0.4) is 0 Å². The molecule has 2 aliphatic rings. The zero-order valence-corrected chi connectivity index (χ0v) is 18.8. The number of nitrogens with zero attached hydrogens (tertiary/aromatic N) is 4. The summed E-state index contributed by atoms with van der Waals surface area (Å²) in [5.41, 5.74) is 14.7. The second-order valence-corrected chi connectivity index (χ2v) is 9.68. The van der Waals surface area contributed by atoms with Crippen LogP contribution >= 0.6 is 0 Å². The summed E-state index contributed by atoms with van der Waals surface area (Å²) < 4.78 is 2.19. The van der Waals surface area contributed by atoms with Crippen LogP contribution in [0.4, 0.5) is 0 Å². The molecule has 4 heterocycles. The second kappa shape index (κ2) is 6.10. The van der Waals surface area contributed by atoms with E-state index in [1.165, 1.54) is 55.3 Å². The second-order valence-electron chi connectivity index (χ2n) is 9.68. The molecule has 35 heavy (non-hydrogen) atoms. The van der Waals surface area contributed by atoms with Crippen LogP contribution in [-0.2, 0) is 12.8 Å². The Morgan fingerprint density at radius 3 is 2.40 bits per heavy atom. The molecule has 162 valence electrons. The Balaban J connectivity index is 1.40. The minimum atomic E-state index is 0.760. The molecule has 0 amide bonds. The van der Waals surface area contributed by atoms with Crippen molar-refractivity contribution in [2.75, 3.05) is 0 Å². The number of rotatable bonds is 0. The number of hydrogen-bond acceptors (Lipinski definition) is 3. The molecule has 0 atom stereocenters. The SMILES string of the molecule is c1ccc2c(c1)Cc1cc3c(cc1-2)Cc1c-3ccc2c3cccnc3n3c4cccnc4nc3c12. The van der Waals surface area contributed by atoms with E-state index in [1.807, 2.05) is 24.5 Å². The van der Waals surface area contributed by atoms with Gasteiger partial charge in [-0.15, -0.1) is 0 Å². The molecule has 3 aromatic carbocycles. The summed E-state index contributed by atoms with van der Waals surface area (Å²) in [5.74, 6) is 0. The van der Waals surface area contributed by atoms with Crippen LogP contribution in [0.2, 0.25) is 0 Å². The van der Waals surface area contributed by atoms with Crippen LogP contribution in [0.25, 0.3) is 60.9 Å². The third-order valence-electron chi connectivity index (χ3n) is 7.93. The van der Waals surface area contributed by atoms with Crippen molar-refractivity contribution in [3.63, 3.8) is 0 Å². The van der Waals surface area contributed by atoms with E-state index in [9.17, 15) is 0 Å². The zero-order chi connectivity index (χ0) is 22.7. The van der Waals surface area contributed by atoms with E-state index in [1.54, 1.807) is 0 Å². The van der Waals surface area contributed by atoms with Crippen LogP contribution in [0.5, 0.6) is 0 Å². The van der Waals surface area contributed by atoms with Crippen molar-refractivity contribution in [3.8, 4) is 22.3 Å². The molecular formula is C31H18N4. The van der Waals surface area contributed by atoms with Crippen molar-refractivity contribution in [1.82, 2.24) is 19.4 Å². The maximum atomic E-state index is 5.04. The van der Waals surface area contributed by atoms with Crippen LogP contribution in [0.1, 0.15) is 22.3 Å². The molecule has 0 bridgehead atoms. The van der Waals surface area contributed by atoms with Crippen LogP contribution < -0.4 is 0 Å². The average Bonchev–Trinajstić information content (AvgIpc) is 3.58. The Bertz CT molecular complexity index is 2070. The topological polar surface area (TPSA) is 43.1 Å². The van der Waals surface area contributed by atoms with Gasteiger partial charge in [-0.05, 0) is 99.1 Å². The van der Waals surface area contributed by atoms with Gasteiger partial charge in [-0.2, -0.15) is 0 Å². The van der Waals surface area contributed by atoms with Crippen LogP contribution in [0, 0.1) is 0 Å². The number of hydrogen-bond donors (Lipinski definition) is 0. The number of fused-ring (bicyclic) bond motifs is 15. The van der Waals surface area contributed by atoms with E-state index in [-0.39, 0.29) is 0 Å². The Kier molecular flexibility index (Phi) is 3.11. The van der Waals surface area contributed by atoms with Crippen molar-refractivity contribution in [3.05, 3.63) is 107 Å². The van der Waals surface area contributed by atoms with Gasteiger partial charge in [0.2, 0.25) is 0 Å². The van der Waals surface area contributed by atoms with Gasteiger partial charge >= 0.3 is 0 Å². The summed E-state index contributed by atoms with van der Waals surface area (Å²) in [5, 5.41) is 3.58. The fraction of sp³-hybridized carbons (Fsp3) is 0.0645. The summed E-state index contributed by atoms with van der Waals surface area (Å²) in [6, 6.07) is 26.5. The number of aromatic nitrogens is 4. The predicted octanol–water partition coefficient (Wildman–Crippen LogP) is 6.73. The highest BCUT2D eigenvalue weighted by molar-refractivity contribution is 6.16. The smallest absolute Gasteiger partial charge is 0.178 e. The number of pyridine rings is 3. The first kappa shape index (κ1) is 17.8. The maximum Gasteiger partial charge on any atom is 0.178 e. The quantitative estimate of drug-likeness (QED) is 0.243. The molecule has 0 radical (unpaired) electrons. The molecule has 0 aliphatic heterocycles. The average molecular weight is 447 g/mol. The van der Waals surface area contributed by atoms with Gasteiger partial charge in [-0.1, -0.05) is 36.4 Å². The predicted molar refractivity (Wildman–Crippen MR) is 140 cm³/mol. The minimum Gasteiger partial charge on any atom is -0.274 e. The number of benzene rings is 3. The number of imidazole rings is 1. The minimum absolute atomic E-state index is 0.760. The Morgan fingerprint density at radius 1 is 0.600 bits per heavy atom. The maximum absolute atomic E-state index is 5.04. The highest BCUT2D eigenvalue weighted by Gasteiger charge is 2.28. The molecule has 0 saturated heterocycles. The summed E-state index contributed by atoms with van der Waals surface area (Å²) in [7, 11) is 0. The normalized spacial score (nSPS) is 13.5. The molecule has 7 aromatic rings. The van der Waals surface area contributed by atoms with E-state index in [4.69, 9.17) is 9.97 Å². The Morgan fingerprint density at radius 2 is 1.43 bits per heavy atom. The van der Waals surface area contributed by atoms with Gasteiger partial charge in [0.1, 0.15) is 11.3 Å². The summed E-state index contributed by atoms with van der Waals surface area (Å²) >= 11 is 0. The molecule has 0 N–H and O–H groups in total. The third-order valence-corrected chi connectivity index (χ3v) is 7.93. The lowest BCUT2D eigenvalue weighted by Gasteiger charge is -2.11. The van der Waals surface area contributed by atoms with Crippen molar-refractivity contribution in [1.29, 1.82) is 0 Å². The lowest BCUT2D eigenvalue weighted by atomic mass is 9.97. The molecular weight excluding hydrogens is 428 g/mol. The van der Waals surface area contributed by atoms with Crippen molar-refractivity contribution in [2.24, 2.45) is 0 Å². The monoisotopic (exact) mass is 446 g/mol. The third kappa shape index (κ3) is 2.15. The summed E-state index contributed by atoms with van der Waals surface area (Å²) in [4.78, 5) is 14.4. The Labute approximate surface area is 200 Å². The lowest BCUT2D eigenvalue weighted by molar-refractivity contribution is 1.22. The molecule has 4 heteroatoms. The summed E-state index contributed by atoms with van der Waals surface area (Å²) in [6.07, 6.45) is 5.60. The molecule has 4 aromatic heterocycles. The fourth-order valence-corrected chi connectivity index (χ4v) is 6.46. The first-order valence-corrected chi connectivity index (χ1v) is 12.0. The van der Waals surface area contributed by atoms with Crippen LogP contribution in [-0.4, -0.2) is 19.4 Å². The molecule has 0 fully saturated rings. The highest BCUT2D eigenvalue weighted by Crippen LogP contribution is 2.47. The first-order valence-electron chi connectivity index (χ1n) is 12.0. The van der Waals surface area contributed by atoms with E-state index in [0.717, 1.165) is 40.7 Å². The van der Waals surface area contributed by atoms with Gasteiger partial charge in [0.25, 0.3) is 0 Å². The first-order chi connectivity index (χ1) is 17.3. The molecule has 0 spiro atoms. The highest BCUT2D eigenvalue weighted by atomic mass is 15.1. The van der Waals surface area contributed by atoms with Gasteiger partial charge < -0.3 is 0 Å². The molecule has 0 saturated carbocycles. The molecule has 0 unspecified atom stereocenters. The molecule has 9 rings (SSSR count). The van der Waals surface area contributed by atoms with Gasteiger partial charge in [0.05, 0.1) is 5.52 Å². The molecule has 4 nitrogen and oxygen atoms in total. The van der Waals surface area contributed by atoms with Gasteiger partial charge in [-0.25, -0.2) is 15.0 Å². The standard InChI is InChI=1S/C31H18N4/c1-2-6-20-17(5-1)13-18-14-25-19(15-24(18)20)16-26-21(25)9-10-22-23-7-3-12-33-30(23)35-27-8-4-11-32-29(27)34-31(35)28(22)26/h1-12,14-15H,13,16H2. The lowest BCUT2D eigenvalue weighted by Crippen LogP contribution is -1.96. The zero-order valence-electron chi connectivity index (χ0n) is 18.8. The molecule has 2 aliphatic carbocycles. The Hall–Kier alpha value is -4.57. The van der Waals surface area contributed by atoms with Crippen molar-refractivity contribution in [2.45, 2.75) is 12.8 Å². The fourth-order valence-electron chi connectivity index (χ4n) is 6.46. The van der Waals surface area contributed by atoms with Gasteiger partial charge in [0, 0.05) is 23.2 Å². The largest absolute Gasteiger partial charge is 0.274 e. The van der Waals surface area contributed by atoms with E-state index in [0.29, 0.717) is 0 Å². The van der Waals surface area contributed by atoms with Crippen molar-refractivity contribution < 1.29 is 0 Å². The van der Waals surface area contributed by atoms with Gasteiger partial charge in [0.15, 0.2) is 5.65 Å². The van der Waals surface area contributed by atoms with Gasteiger partial charge in [-0.3, -0.25) is 4.40 Å². The van der Waals surface area contributed by atoms with E-state index in [2.05, 4.69) is 70.0 Å². The van der Waals surface area contributed by atoms with E-state index >= 15 is 0 Å². The van der Waals surface area contributed by atoms with Crippen molar-refractivity contribution >= 4 is 38.6 Å².